The minimum atomic E-state index is -0.874. The second kappa shape index (κ2) is 12.7. The van der Waals surface area contributed by atoms with Crippen LogP contribution in [0.5, 0.6) is 0 Å². The summed E-state index contributed by atoms with van der Waals surface area (Å²) in [6, 6.07) is 0.536. The van der Waals surface area contributed by atoms with Gasteiger partial charge in [-0.3, -0.25) is 4.79 Å². The third kappa shape index (κ3) is 13.9. The summed E-state index contributed by atoms with van der Waals surface area (Å²) in [6.45, 7) is 2.64. The first kappa shape index (κ1) is 18.7. The van der Waals surface area contributed by atoms with Gasteiger partial charge in [-0.05, 0) is 31.5 Å². The molecule has 6 heteroatoms. The molecular weight excluding hydrogens is 282 g/mol. The molecule has 0 aromatic heterocycles. The number of carboxylic acids is 1. The van der Waals surface area contributed by atoms with E-state index >= 15 is 0 Å². The Morgan fingerprint density at radius 3 is 2.47 bits per heavy atom. The van der Waals surface area contributed by atoms with Crippen LogP contribution in [0.1, 0.15) is 51.9 Å². The SMILES string of the molecule is CCCCOC(=S)SCC(=O)O.NC1CCCCC1. The predicted octanol–water partition coefficient (Wildman–Crippen LogP) is 3.18. The number of hydrogen-bond acceptors (Lipinski definition) is 5. The predicted molar refractivity (Wildman–Crippen MR) is 84.6 cm³/mol. The van der Waals surface area contributed by atoms with Crippen molar-refractivity contribution in [3.63, 3.8) is 0 Å². The maximum absolute atomic E-state index is 10.1. The van der Waals surface area contributed by atoms with E-state index in [1.165, 1.54) is 32.1 Å². The van der Waals surface area contributed by atoms with Crippen LogP contribution in [0.25, 0.3) is 0 Å². The van der Waals surface area contributed by atoms with E-state index in [0.29, 0.717) is 17.0 Å². The zero-order valence-corrected chi connectivity index (χ0v) is 13.2. The molecule has 112 valence electrons. The van der Waals surface area contributed by atoms with Crippen LogP contribution in [0.4, 0.5) is 0 Å². The Balaban J connectivity index is 0.000000388. The fourth-order valence-corrected chi connectivity index (χ4v) is 2.26. The summed E-state index contributed by atoms with van der Waals surface area (Å²) in [5.41, 5.74) is 5.63. The van der Waals surface area contributed by atoms with Crippen molar-refractivity contribution in [3.05, 3.63) is 0 Å². The number of thiocarbonyl (C=S) groups is 1. The number of rotatable bonds is 5. The number of thioether (sulfide) groups is 1. The van der Waals surface area contributed by atoms with Crippen LogP contribution in [0.3, 0.4) is 0 Å². The molecule has 0 heterocycles. The molecule has 0 unspecified atom stereocenters. The second-order valence-corrected chi connectivity index (χ2v) is 6.11. The van der Waals surface area contributed by atoms with Gasteiger partial charge in [0.25, 0.3) is 0 Å². The molecule has 1 aliphatic carbocycles. The fourth-order valence-electron chi connectivity index (χ4n) is 1.60. The number of nitrogens with two attached hydrogens (primary N) is 1. The Morgan fingerprint density at radius 2 is 2.05 bits per heavy atom. The smallest absolute Gasteiger partial charge is 0.313 e. The van der Waals surface area contributed by atoms with E-state index in [1.54, 1.807) is 0 Å². The summed E-state index contributed by atoms with van der Waals surface area (Å²) in [5.74, 6) is -0.897. The summed E-state index contributed by atoms with van der Waals surface area (Å²) in [5, 5.41) is 8.30. The Bertz CT molecular complexity index is 256. The van der Waals surface area contributed by atoms with Crippen molar-refractivity contribution in [2.45, 2.75) is 57.9 Å². The van der Waals surface area contributed by atoms with Crippen molar-refractivity contribution in [1.82, 2.24) is 0 Å². The number of ether oxygens (including phenoxy) is 1. The standard InChI is InChI=1S/C7H12O3S2.C6H13N/c1-2-3-4-10-7(11)12-5-6(8)9;7-6-4-2-1-3-5-6/h2-5H2,1H3,(H,8,9);6H,1-5,7H2. The number of carboxylic acid groups (broad SMARTS) is 1. The molecule has 3 N–H and O–H groups in total. The Hall–Kier alpha value is -0.330. The molecule has 0 amide bonds. The molecule has 0 atom stereocenters. The molecule has 0 saturated heterocycles. The van der Waals surface area contributed by atoms with Gasteiger partial charge in [-0.25, -0.2) is 0 Å². The highest BCUT2D eigenvalue weighted by Gasteiger charge is 2.06. The van der Waals surface area contributed by atoms with E-state index < -0.39 is 5.97 Å². The monoisotopic (exact) mass is 307 g/mol. The summed E-state index contributed by atoms with van der Waals surface area (Å²) >= 11 is 5.81. The van der Waals surface area contributed by atoms with Gasteiger partial charge in [0.1, 0.15) is 0 Å². The Morgan fingerprint density at radius 1 is 1.42 bits per heavy atom. The molecule has 0 spiro atoms. The fraction of sp³-hybridized carbons (Fsp3) is 0.846. The van der Waals surface area contributed by atoms with Crippen molar-refractivity contribution in [2.75, 3.05) is 12.4 Å². The average molecular weight is 307 g/mol. The number of carbonyl (C=O) groups is 1. The molecule has 4 nitrogen and oxygen atoms in total. The van der Waals surface area contributed by atoms with Crippen LogP contribution >= 0.6 is 24.0 Å². The van der Waals surface area contributed by atoms with Gasteiger partial charge in [-0.15, -0.1) is 0 Å². The van der Waals surface area contributed by atoms with E-state index in [0.717, 1.165) is 24.6 Å². The second-order valence-electron chi connectivity index (χ2n) is 4.53. The van der Waals surface area contributed by atoms with E-state index in [2.05, 4.69) is 6.92 Å². The van der Waals surface area contributed by atoms with E-state index in [4.69, 9.17) is 27.8 Å². The Labute approximate surface area is 125 Å². The number of hydrogen-bond donors (Lipinski definition) is 2. The zero-order valence-electron chi connectivity index (χ0n) is 11.6. The molecule has 0 aromatic rings. The van der Waals surface area contributed by atoms with Crippen molar-refractivity contribution in [2.24, 2.45) is 5.73 Å². The van der Waals surface area contributed by atoms with E-state index in [-0.39, 0.29) is 5.75 Å². The third-order valence-electron chi connectivity index (χ3n) is 2.68. The average Bonchev–Trinajstić information content (AvgIpc) is 2.38. The molecule has 1 saturated carbocycles. The summed E-state index contributed by atoms with van der Waals surface area (Å²) in [6.07, 6.45) is 8.66. The van der Waals surface area contributed by atoms with Gasteiger partial charge >= 0.3 is 5.97 Å². The van der Waals surface area contributed by atoms with Gasteiger partial charge in [0.15, 0.2) is 0 Å². The van der Waals surface area contributed by atoms with E-state index in [9.17, 15) is 4.79 Å². The van der Waals surface area contributed by atoms with Gasteiger partial charge in [-0.1, -0.05) is 44.4 Å². The van der Waals surface area contributed by atoms with Crippen LogP contribution < -0.4 is 5.73 Å². The molecule has 0 radical (unpaired) electrons. The van der Waals surface area contributed by atoms with Crippen molar-refractivity contribution < 1.29 is 14.6 Å². The quantitative estimate of drug-likeness (QED) is 0.600. The normalized spacial score (nSPS) is 15.3. The molecule has 0 aliphatic heterocycles. The maximum Gasteiger partial charge on any atom is 0.313 e. The van der Waals surface area contributed by atoms with Crippen molar-refractivity contribution in [3.8, 4) is 0 Å². The van der Waals surface area contributed by atoms with E-state index in [1.807, 2.05) is 0 Å². The lowest BCUT2D eigenvalue weighted by Crippen LogP contribution is -2.22. The summed E-state index contributed by atoms with van der Waals surface area (Å²) in [7, 11) is 0. The van der Waals surface area contributed by atoms with Crippen LogP contribution in [-0.4, -0.2) is 33.9 Å². The highest BCUT2D eigenvalue weighted by Crippen LogP contribution is 2.14. The largest absolute Gasteiger partial charge is 0.481 e. The molecule has 1 aliphatic rings. The highest BCUT2D eigenvalue weighted by molar-refractivity contribution is 8.23. The maximum atomic E-state index is 10.1. The lowest BCUT2D eigenvalue weighted by molar-refractivity contribution is -0.133. The van der Waals surface area contributed by atoms with Gasteiger partial charge < -0.3 is 15.6 Å². The molecule has 0 bridgehead atoms. The van der Waals surface area contributed by atoms with Crippen LogP contribution in [-0.2, 0) is 9.53 Å². The first-order chi connectivity index (χ1) is 9.06. The highest BCUT2D eigenvalue weighted by atomic mass is 32.2. The minimum absolute atomic E-state index is 0.0229. The van der Waals surface area contributed by atoms with Gasteiger partial charge in [0, 0.05) is 6.04 Å². The number of aliphatic carboxylic acids is 1. The molecular formula is C13H25NO3S2. The van der Waals surface area contributed by atoms with Crippen LogP contribution in [0.2, 0.25) is 0 Å². The molecule has 19 heavy (non-hydrogen) atoms. The van der Waals surface area contributed by atoms with Crippen LogP contribution in [0.15, 0.2) is 0 Å². The summed E-state index contributed by atoms with van der Waals surface area (Å²) in [4.78, 5) is 10.1. The molecule has 1 rings (SSSR count). The first-order valence-electron chi connectivity index (χ1n) is 6.83. The number of unbranched alkanes of at least 4 members (excludes halogenated alkanes) is 1. The third-order valence-corrected chi connectivity index (χ3v) is 3.90. The van der Waals surface area contributed by atoms with Gasteiger partial charge in [0.05, 0.1) is 12.4 Å². The molecule has 0 aromatic carbocycles. The minimum Gasteiger partial charge on any atom is -0.481 e. The lowest BCUT2D eigenvalue weighted by Gasteiger charge is -2.15. The molecule has 1 fully saturated rings. The van der Waals surface area contributed by atoms with Crippen molar-refractivity contribution >= 4 is 34.3 Å². The van der Waals surface area contributed by atoms with Gasteiger partial charge in [0.2, 0.25) is 4.38 Å². The van der Waals surface area contributed by atoms with Gasteiger partial charge in [-0.2, -0.15) is 0 Å². The zero-order chi connectivity index (χ0) is 14.5. The Kier molecular flexibility index (Phi) is 12.5. The van der Waals surface area contributed by atoms with Crippen LogP contribution in [0, 0.1) is 0 Å². The first-order valence-corrected chi connectivity index (χ1v) is 8.22. The van der Waals surface area contributed by atoms with Crippen molar-refractivity contribution in [1.29, 1.82) is 0 Å². The topological polar surface area (TPSA) is 72.5 Å². The summed E-state index contributed by atoms with van der Waals surface area (Å²) < 4.78 is 5.39. The lowest BCUT2D eigenvalue weighted by atomic mass is 9.97.